The van der Waals surface area contributed by atoms with Gasteiger partial charge in [-0.1, -0.05) is 23.5 Å². The monoisotopic (exact) mass is 153 g/mol. The summed E-state index contributed by atoms with van der Waals surface area (Å²) in [6.45, 7) is 0. The molecule has 2 nitrogen and oxygen atoms in total. The van der Waals surface area contributed by atoms with Crippen LogP contribution < -0.4 is 4.87 Å². The number of rotatable bonds is 0. The van der Waals surface area contributed by atoms with Gasteiger partial charge < -0.3 is 4.98 Å². The highest BCUT2D eigenvalue weighted by molar-refractivity contribution is 7.16. The highest BCUT2D eigenvalue weighted by Crippen LogP contribution is 2.11. The molecular weight excluding hydrogens is 146 g/mol. The molecule has 1 aromatic heterocycles. The predicted octanol–water partition coefficient (Wildman–Crippen LogP) is 1.84. The maximum Gasteiger partial charge on any atom is 0.305 e. The fourth-order valence-corrected chi connectivity index (χ4v) is 1.63. The standard InChI is InChI=1S/C7H5NOS.H2/c9-7-8-5-3-1-2-4-6(5)10-7;/h1-4H,(H,8,9);1H. The summed E-state index contributed by atoms with van der Waals surface area (Å²) in [5, 5.41) is 0. The molecule has 0 amide bonds. The van der Waals surface area contributed by atoms with Gasteiger partial charge in [-0.2, -0.15) is 0 Å². The summed E-state index contributed by atoms with van der Waals surface area (Å²) < 4.78 is 1.02. The lowest BCUT2D eigenvalue weighted by Gasteiger charge is -1.81. The van der Waals surface area contributed by atoms with Crippen molar-refractivity contribution in [1.82, 2.24) is 4.98 Å². The summed E-state index contributed by atoms with van der Waals surface area (Å²) in [7, 11) is 0. The zero-order valence-electron chi connectivity index (χ0n) is 5.13. The van der Waals surface area contributed by atoms with Gasteiger partial charge in [-0.25, -0.2) is 0 Å². The molecule has 52 valence electrons. The number of benzene rings is 1. The molecule has 1 aromatic carbocycles. The quantitative estimate of drug-likeness (QED) is 0.615. The number of nitrogens with one attached hydrogen (secondary N) is 1. The number of para-hydroxylation sites is 1. The second-order valence-electron chi connectivity index (χ2n) is 2.01. The first kappa shape index (κ1) is 5.68. The van der Waals surface area contributed by atoms with Crippen molar-refractivity contribution >= 4 is 21.6 Å². The minimum Gasteiger partial charge on any atom is -0.312 e. The Hall–Kier alpha value is -1.09. The van der Waals surface area contributed by atoms with Gasteiger partial charge >= 0.3 is 4.87 Å². The van der Waals surface area contributed by atoms with Gasteiger partial charge in [-0.05, 0) is 12.1 Å². The third-order valence-corrected chi connectivity index (χ3v) is 2.19. The first-order valence-corrected chi connectivity index (χ1v) is 3.76. The van der Waals surface area contributed by atoms with Crippen molar-refractivity contribution in [3.05, 3.63) is 33.9 Å². The van der Waals surface area contributed by atoms with E-state index in [1.54, 1.807) is 0 Å². The molecule has 2 rings (SSSR count). The molecule has 0 aliphatic rings. The Labute approximate surface area is 62.6 Å². The molecule has 0 atom stereocenters. The van der Waals surface area contributed by atoms with Crippen LogP contribution in [0.25, 0.3) is 10.2 Å². The van der Waals surface area contributed by atoms with Crippen molar-refractivity contribution in [2.45, 2.75) is 0 Å². The molecule has 0 saturated heterocycles. The molecule has 0 saturated carbocycles. The van der Waals surface area contributed by atoms with E-state index in [2.05, 4.69) is 4.98 Å². The molecule has 0 bridgehead atoms. The van der Waals surface area contributed by atoms with Crippen molar-refractivity contribution in [3.8, 4) is 0 Å². The fraction of sp³-hybridized carbons (Fsp3) is 0. The van der Waals surface area contributed by atoms with Gasteiger partial charge in [0.25, 0.3) is 0 Å². The van der Waals surface area contributed by atoms with E-state index in [1.807, 2.05) is 24.3 Å². The Bertz CT molecular complexity index is 370. The lowest BCUT2D eigenvalue weighted by Crippen LogP contribution is -1.89. The van der Waals surface area contributed by atoms with Crippen molar-refractivity contribution < 1.29 is 1.43 Å². The smallest absolute Gasteiger partial charge is 0.305 e. The molecule has 0 aliphatic heterocycles. The van der Waals surface area contributed by atoms with Crippen LogP contribution in [0.2, 0.25) is 0 Å². The molecule has 2 aromatic rings. The summed E-state index contributed by atoms with van der Waals surface area (Å²) in [4.78, 5) is 13.5. The molecular formula is C7H7NOS. The number of fused-ring (bicyclic) bond motifs is 1. The first-order valence-electron chi connectivity index (χ1n) is 2.94. The average Bonchev–Trinajstić information content (AvgIpc) is 2.27. The molecule has 1 N–H and O–H groups in total. The van der Waals surface area contributed by atoms with Crippen LogP contribution in [0.1, 0.15) is 1.43 Å². The van der Waals surface area contributed by atoms with Crippen LogP contribution in [0, 0.1) is 0 Å². The molecule has 0 fully saturated rings. The van der Waals surface area contributed by atoms with Crippen LogP contribution >= 0.6 is 11.3 Å². The lowest BCUT2D eigenvalue weighted by molar-refractivity contribution is 1.41. The Morgan fingerprint density at radius 3 is 3.00 bits per heavy atom. The van der Waals surface area contributed by atoms with E-state index in [0.29, 0.717) is 0 Å². The summed E-state index contributed by atoms with van der Waals surface area (Å²) in [5.41, 5.74) is 0.928. The molecule has 1 heterocycles. The minimum atomic E-state index is 0. The Morgan fingerprint density at radius 1 is 1.40 bits per heavy atom. The number of H-pyrrole nitrogens is 1. The van der Waals surface area contributed by atoms with E-state index in [1.165, 1.54) is 11.3 Å². The van der Waals surface area contributed by atoms with Gasteiger partial charge in [0, 0.05) is 1.43 Å². The summed E-state index contributed by atoms with van der Waals surface area (Å²) in [6, 6.07) is 7.65. The van der Waals surface area contributed by atoms with Gasteiger partial charge in [0.15, 0.2) is 0 Å². The van der Waals surface area contributed by atoms with E-state index in [0.717, 1.165) is 10.2 Å². The third-order valence-electron chi connectivity index (χ3n) is 1.33. The van der Waals surface area contributed by atoms with Crippen LogP contribution in [-0.2, 0) is 0 Å². The Morgan fingerprint density at radius 2 is 2.20 bits per heavy atom. The van der Waals surface area contributed by atoms with Gasteiger partial charge in [0.1, 0.15) is 0 Å². The molecule has 3 heteroatoms. The Balaban J connectivity index is 0.000000605. The normalized spacial score (nSPS) is 10.4. The van der Waals surface area contributed by atoms with E-state index >= 15 is 0 Å². The SMILES string of the molecule is O=c1[nH]c2ccccc2s1.[HH]. The molecule has 0 radical (unpaired) electrons. The van der Waals surface area contributed by atoms with E-state index in [-0.39, 0.29) is 6.30 Å². The maximum atomic E-state index is 10.8. The Kier molecular flexibility index (Phi) is 1.11. The first-order chi connectivity index (χ1) is 4.86. The number of aromatic nitrogens is 1. The summed E-state index contributed by atoms with van der Waals surface area (Å²) >= 11 is 1.24. The number of aromatic amines is 1. The molecule has 10 heavy (non-hydrogen) atoms. The van der Waals surface area contributed by atoms with Gasteiger partial charge in [0.05, 0.1) is 10.2 Å². The lowest BCUT2D eigenvalue weighted by atomic mass is 10.3. The number of hydrogen-bond acceptors (Lipinski definition) is 2. The van der Waals surface area contributed by atoms with Crippen molar-refractivity contribution in [2.75, 3.05) is 0 Å². The summed E-state index contributed by atoms with van der Waals surface area (Å²) in [5.74, 6) is 0. The summed E-state index contributed by atoms with van der Waals surface area (Å²) in [6.07, 6.45) is 0. The highest BCUT2D eigenvalue weighted by Gasteiger charge is 1.93. The highest BCUT2D eigenvalue weighted by atomic mass is 32.1. The topological polar surface area (TPSA) is 32.9 Å². The van der Waals surface area contributed by atoms with Crippen molar-refractivity contribution in [1.29, 1.82) is 0 Å². The predicted molar refractivity (Wildman–Crippen MR) is 44.6 cm³/mol. The zero-order valence-corrected chi connectivity index (χ0v) is 5.94. The van der Waals surface area contributed by atoms with Crippen molar-refractivity contribution in [2.24, 2.45) is 0 Å². The number of thiazole rings is 1. The molecule has 0 unspecified atom stereocenters. The van der Waals surface area contributed by atoms with Gasteiger partial charge in [-0.3, -0.25) is 4.79 Å². The minimum absolute atomic E-state index is 0. The van der Waals surface area contributed by atoms with Crippen LogP contribution in [-0.4, -0.2) is 4.98 Å². The van der Waals surface area contributed by atoms with Gasteiger partial charge in [-0.15, -0.1) is 0 Å². The number of hydrogen-bond donors (Lipinski definition) is 1. The van der Waals surface area contributed by atoms with Crippen LogP contribution in [0.3, 0.4) is 0 Å². The molecule has 0 spiro atoms. The van der Waals surface area contributed by atoms with Gasteiger partial charge in [0.2, 0.25) is 0 Å². The van der Waals surface area contributed by atoms with Crippen molar-refractivity contribution in [3.63, 3.8) is 0 Å². The van der Waals surface area contributed by atoms with E-state index in [4.69, 9.17) is 0 Å². The fourth-order valence-electron chi connectivity index (χ4n) is 0.894. The van der Waals surface area contributed by atoms with E-state index in [9.17, 15) is 4.79 Å². The van der Waals surface area contributed by atoms with E-state index < -0.39 is 0 Å². The average molecular weight is 153 g/mol. The van der Waals surface area contributed by atoms with Crippen LogP contribution in [0.5, 0.6) is 0 Å². The molecule has 0 aliphatic carbocycles. The van der Waals surface area contributed by atoms with Crippen LogP contribution in [0.15, 0.2) is 29.1 Å². The second-order valence-corrected chi connectivity index (χ2v) is 3.03. The third kappa shape index (κ3) is 0.752. The second kappa shape index (κ2) is 1.95. The van der Waals surface area contributed by atoms with Crippen LogP contribution in [0.4, 0.5) is 0 Å². The largest absolute Gasteiger partial charge is 0.312 e. The zero-order chi connectivity index (χ0) is 6.97. The maximum absolute atomic E-state index is 10.8.